The van der Waals surface area contributed by atoms with E-state index in [2.05, 4.69) is 16.7 Å². The highest BCUT2D eigenvalue weighted by Crippen LogP contribution is 2.22. The molecular weight excluding hydrogens is 287 g/mol. The van der Waals surface area contributed by atoms with Gasteiger partial charge in [0.25, 0.3) is 0 Å². The van der Waals surface area contributed by atoms with E-state index in [9.17, 15) is 4.79 Å². The van der Waals surface area contributed by atoms with Crippen LogP contribution in [0.25, 0.3) is 0 Å². The molecule has 2 amide bonds. The van der Waals surface area contributed by atoms with Crippen LogP contribution >= 0.6 is 23.2 Å². The summed E-state index contributed by atoms with van der Waals surface area (Å²) in [5, 5.41) is 15.7. The topological polar surface area (TPSA) is 68.2 Å². The summed E-state index contributed by atoms with van der Waals surface area (Å²) < 4.78 is 0. The Bertz CT molecular complexity index is 509. The minimum atomic E-state index is -0.469. The number of hydrogen-bond donors (Lipinski definition) is 2. The van der Waals surface area contributed by atoms with E-state index in [0.717, 1.165) is 0 Å². The van der Waals surface area contributed by atoms with Crippen molar-refractivity contribution in [1.29, 1.82) is 5.26 Å². The van der Waals surface area contributed by atoms with Crippen molar-refractivity contribution in [2.75, 3.05) is 25.0 Å². The third-order valence-corrected chi connectivity index (χ3v) is 3.20. The van der Waals surface area contributed by atoms with Crippen LogP contribution in [-0.2, 0) is 0 Å². The molecule has 0 spiro atoms. The number of amides is 2. The van der Waals surface area contributed by atoms with Crippen molar-refractivity contribution >= 4 is 34.9 Å². The molecule has 1 atom stereocenters. The lowest BCUT2D eigenvalue weighted by atomic mass is 10.2. The van der Waals surface area contributed by atoms with Gasteiger partial charge in [0.05, 0.1) is 6.07 Å². The van der Waals surface area contributed by atoms with Gasteiger partial charge >= 0.3 is 6.03 Å². The molecule has 5 nitrogen and oxygen atoms in total. The Morgan fingerprint density at radius 2 is 2.11 bits per heavy atom. The molecule has 0 aromatic heterocycles. The van der Waals surface area contributed by atoms with E-state index >= 15 is 0 Å². The number of anilines is 1. The van der Waals surface area contributed by atoms with Gasteiger partial charge in [-0.15, -0.1) is 0 Å². The summed E-state index contributed by atoms with van der Waals surface area (Å²) in [5.41, 5.74) is 0.512. The number of benzene rings is 1. The second-order valence-corrected chi connectivity index (χ2v) is 5.00. The Labute approximate surface area is 121 Å². The molecule has 1 aromatic carbocycles. The zero-order chi connectivity index (χ0) is 13.8. The third kappa shape index (κ3) is 3.51. The average Bonchev–Trinajstić information content (AvgIpc) is 2.37. The lowest BCUT2D eigenvalue weighted by molar-refractivity contribution is 0.188. The minimum absolute atomic E-state index is 0.327. The molecule has 100 valence electrons. The lowest BCUT2D eigenvalue weighted by Crippen LogP contribution is -2.54. The van der Waals surface area contributed by atoms with Crippen LogP contribution in [0.1, 0.15) is 0 Å². The quantitative estimate of drug-likeness (QED) is 0.836. The van der Waals surface area contributed by atoms with E-state index in [0.29, 0.717) is 35.4 Å². The molecule has 1 heterocycles. The molecule has 0 radical (unpaired) electrons. The summed E-state index contributed by atoms with van der Waals surface area (Å²) in [5.74, 6) is 0. The van der Waals surface area contributed by atoms with Crippen LogP contribution in [0, 0.1) is 11.3 Å². The highest BCUT2D eigenvalue weighted by atomic mass is 35.5. The molecule has 0 bridgehead atoms. The van der Waals surface area contributed by atoms with E-state index in [-0.39, 0.29) is 6.03 Å². The van der Waals surface area contributed by atoms with Crippen LogP contribution in [0.3, 0.4) is 0 Å². The fourth-order valence-electron chi connectivity index (χ4n) is 1.88. The van der Waals surface area contributed by atoms with E-state index < -0.39 is 6.04 Å². The third-order valence-electron chi connectivity index (χ3n) is 2.77. The Hall–Kier alpha value is -1.48. The number of nitrogens with zero attached hydrogens (tertiary/aromatic N) is 2. The molecule has 1 saturated heterocycles. The van der Waals surface area contributed by atoms with Crippen molar-refractivity contribution in [2.24, 2.45) is 0 Å². The van der Waals surface area contributed by atoms with Gasteiger partial charge in [0.2, 0.25) is 0 Å². The van der Waals surface area contributed by atoms with Gasteiger partial charge in [-0.2, -0.15) is 5.26 Å². The summed E-state index contributed by atoms with van der Waals surface area (Å²) >= 11 is 11.7. The van der Waals surface area contributed by atoms with Crippen LogP contribution in [0.2, 0.25) is 10.0 Å². The van der Waals surface area contributed by atoms with Gasteiger partial charge in [0.15, 0.2) is 0 Å². The van der Waals surface area contributed by atoms with E-state index in [1.165, 1.54) is 4.90 Å². The molecule has 7 heteroatoms. The molecule has 1 unspecified atom stereocenters. The van der Waals surface area contributed by atoms with Crippen LogP contribution in [-0.4, -0.2) is 36.6 Å². The first-order valence-corrected chi connectivity index (χ1v) is 6.50. The first-order valence-electron chi connectivity index (χ1n) is 5.74. The van der Waals surface area contributed by atoms with Crippen molar-refractivity contribution in [3.8, 4) is 6.07 Å². The van der Waals surface area contributed by atoms with Gasteiger partial charge in [0.1, 0.15) is 6.04 Å². The monoisotopic (exact) mass is 298 g/mol. The standard InChI is InChI=1S/C12H12Cl2N4O/c13-8-3-9(14)5-10(4-8)17-12(19)18-2-1-16-7-11(18)6-15/h3-5,11,16H,1-2,7H2,(H,17,19). The number of carbonyl (C=O) groups excluding carboxylic acids is 1. The first kappa shape index (κ1) is 13.9. The molecule has 0 aliphatic carbocycles. The van der Waals surface area contributed by atoms with Crippen molar-refractivity contribution in [2.45, 2.75) is 6.04 Å². The number of piperazine rings is 1. The number of halogens is 2. The Kier molecular flexibility index (Phi) is 4.48. The maximum atomic E-state index is 12.1. The number of nitriles is 1. The maximum absolute atomic E-state index is 12.1. The molecule has 0 saturated carbocycles. The second-order valence-electron chi connectivity index (χ2n) is 4.13. The molecule has 19 heavy (non-hydrogen) atoms. The smallest absolute Gasteiger partial charge is 0.312 e. The molecule has 2 N–H and O–H groups in total. The first-order chi connectivity index (χ1) is 9.10. The SMILES string of the molecule is N#CC1CNCCN1C(=O)Nc1cc(Cl)cc(Cl)c1. The number of rotatable bonds is 1. The van der Waals surface area contributed by atoms with Gasteiger partial charge < -0.3 is 15.5 Å². The zero-order valence-corrected chi connectivity index (χ0v) is 11.5. The van der Waals surface area contributed by atoms with E-state index in [1.54, 1.807) is 18.2 Å². The van der Waals surface area contributed by atoms with Gasteiger partial charge in [0, 0.05) is 35.4 Å². The van der Waals surface area contributed by atoms with Crippen molar-refractivity contribution < 1.29 is 4.79 Å². The highest BCUT2D eigenvalue weighted by molar-refractivity contribution is 6.35. The maximum Gasteiger partial charge on any atom is 0.323 e. The largest absolute Gasteiger partial charge is 0.323 e. The summed E-state index contributed by atoms with van der Waals surface area (Å²) in [4.78, 5) is 13.6. The zero-order valence-electron chi connectivity index (χ0n) is 9.99. The Morgan fingerprint density at radius 3 is 2.74 bits per heavy atom. The van der Waals surface area contributed by atoms with E-state index in [4.69, 9.17) is 28.5 Å². The summed E-state index contributed by atoms with van der Waals surface area (Å²) in [7, 11) is 0. The van der Waals surface area contributed by atoms with Crippen LogP contribution in [0.15, 0.2) is 18.2 Å². The highest BCUT2D eigenvalue weighted by Gasteiger charge is 2.26. The summed E-state index contributed by atoms with van der Waals surface area (Å²) in [6, 6.07) is 6.09. The molecule has 1 aliphatic heterocycles. The Balaban J connectivity index is 2.09. The average molecular weight is 299 g/mol. The van der Waals surface area contributed by atoms with Crippen LogP contribution in [0.5, 0.6) is 0 Å². The number of carbonyl (C=O) groups is 1. The van der Waals surface area contributed by atoms with Gasteiger partial charge in [-0.1, -0.05) is 23.2 Å². The molecule has 1 aromatic rings. The second kappa shape index (κ2) is 6.11. The number of hydrogen-bond acceptors (Lipinski definition) is 3. The van der Waals surface area contributed by atoms with Crippen LogP contribution in [0.4, 0.5) is 10.5 Å². The lowest BCUT2D eigenvalue weighted by Gasteiger charge is -2.31. The van der Waals surface area contributed by atoms with Gasteiger partial charge in [-0.25, -0.2) is 4.79 Å². The molecule has 1 fully saturated rings. The van der Waals surface area contributed by atoms with Crippen molar-refractivity contribution in [3.05, 3.63) is 28.2 Å². The number of urea groups is 1. The normalized spacial score (nSPS) is 18.8. The van der Waals surface area contributed by atoms with Crippen LogP contribution < -0.4 is 10.6 Å². The van der Waals surface area contributed by atoms with E-state index in [1.807, 2.05) is 0 Å². The van der Waals surface area contributed by atoms with Gasteiger partial charge in [-0.05, 0) is 18.2 Å². The molecular formula is C12H12Cl2N4O. The summed E-state index contributed by atoms with van der Waals surface area (Å²) in [6.07, 6.45) is 0. The minimum Gasteiger partial charge on any atom is -0.312 e. The van der Waals surface area contributed by atoms with Gasteiger partial charge in [-0.3, -0.25) is 0 Å². The summed E-state index contributed by atoms with van der Waals surface area (Å²) in [6.45, 7) is 1.63. The Morgan fingerprint density at radius 1 is 1.42 bits per heavy atom. The number of nitrogens with one attached hydrogen (secondary N) is 2. The van der Waals surface area contributed by atoms with Crippen molar-refractivity contribution in [3.63, 3.8) is 0 Å². The predicted octanol–water partition coefficient (Wildman–Crippen LogP) is 2.32. The van der Waals surface area contributed by atoms with Crippen molar-refractivity contribution in [1.82, 2.24) is 10.2 Å². The fraction of sp³-hybridized carbons (Fsp3) is 0.333. The molecule has 2 rings (SSSR count). The molecule has 1 aliphatic rings. The fourth-order valence-corrected chi connectivity index (χ4v) is 2.41. The predicted molar refractivity (Wildman–Crippen MR) is 74.5 cm³/mol.